The number of hydrogen-bond acceptors (Lipinski definition) is 8. The molecule has 4 aromatic rings. The van der Waals surface area contributed by atoms with Crippen molar-refractivity contribution < 1.29 is 24.9 Å². The third kappa shape index (κ3) is 7.81. The SMILES string of the molecule is O=C(O)N(C(c1ccsc1)c1cccc(OCCCCCCNC[C@@H](O)c2ccc(O)c3[nH]c(=O)ccc23)c1)[C@H]1CN2CCC1CC2. The van der Waals surface area contributed by atoms with Gasteiger partial charge >= 0.3 is 6.09 Å². The molecular weight excluding hydrogens is 616 g/mol. The van der Waals surface area contributed by atoms with Crippen LogP contribution in [0.2, 0.25) is 0 Å². The zero-order valence-electron chi connectivity index (χ0n) is 26.5. The number of benzene rings is 2. The van der Waals surface area contributed by atoms with Gasteiger partial charge < -0.3 is 35.3 Å². The molecule has 3 fully saturated rings. The molecule has 0 radical (unpaired) electrons. The Morgan fingerprint density at radius 2 is 1.89 bits per heavy atom. The summed E-state index contributed by atoms with van der Waals surface area (Å²) in [5.74, 6) is 1.12. The molecule has 2 aromatic carbocycles. The van der Waals surface area contributed by atoms with Gasteiger partial charge in [-0.15, -0.1) is 0 Å². The number of carboxylic acid groups (broad SMARTS) is 1. The number of H-pyrrole nitrogens is 1. The van der Waals surface area contributed by atoms with Gasteiger partial charge in [-0.25, -0.2) is 4.79 Å². The van der Waals surface area contributed by atoms with E-state index < -0.39 is 12.2 Å². The van der Waals surface area contributed by atoms with Gasteiger partial charge in [0.15, 0.2) is 0 Å². The third-order valence-corrected chi connectivity index (χ3v) is 10.3. The third-order valence-electron chi connectivity index (χ3n) is 9.63. The molecule has 0 aliphatic carbocycles. The Morgan fingerprint density at radius 3 is 2.64 bits per heavy atom. The molecule has 0 saturated carbocycles. The maximum absolute atomic E-state index is 12.8. The van der Waals surface area contributed by atoms with E-state index in [1.54, 1.807) is 28.4 Å². The van der Waals surface area contributed by atoms with Crippen LogP contribution in [0.1, 0.15) is 67.4 Å². The lowest BCUT2D eigenvalue weighted by Crippen LogP contribution is -2.59. The number of nitrogens with one attached hydrogen (secondary N) is 2. The van der Waals surface area contributed by atoms with E-state index >= 15 is 0 Å². The number of aliphatic hydroxyl groups excluding tert-OH is 1. The van der Waals surface area contributed by atoms with Crippen molar-refractivity contribution in [2.24, 2.45) is 5.92 Å². The topological polar surface area (TPSA) is 138 Å². The second kappa shape index (κ2) is 15.3. The highest BCUT2D eigenvalue weighted by molar-refractivity contribution is 7.08. The Morgan fingerprint density at radius 1 is 1.06 bits per heavy atom. The summed E-state index contributed by atoms with van der Waals surface area (Å²) in [4.78, 5) is 31.2. The zero-order valence-corrected chi connectivity index (χ0v) is 27.3. The molecule has 47 heavy (non-hydrogen) atoms. The molecule has 3 atom stereocenters. The number of aromatic amines is 1. The first-order valence-electron chi connectivity index (χ1n) is 16.6. The largest absolute Gasteiger partial charge is 0.506 e. The normalized spacial score (nSPS) is 20.2. The molecule has 3 saturated heterocycles. The lowest BCUT2D eigenvalue weighted by atomic mass is 9.82. The first-order valence-corrected chi connectivity index (χ1v) is 17.6. The van der Waals surface area contributed by atoms with Crippen LogP contribution < -0.4 is 15.6 Å². The number of pyridine rings is 1. The van der Waals surface area contributed by atoms with Crippen LogP contribution in [-0.2, 0) is 0 Å². The summed E-state index contributed by atoms with van der Waals surface area (Å²) >= 11 is 1.59. The van der Waals surface area contributed by atoms with E-state index in [2.05, 4.69) is 20.6 Å². The number of aromatic hydroxyl groups is 1. The van der Waals surface area contributed by atoms with Gasteiger partial charge in [-0.05, 0) is 109 Å². The van der Waals surface area contributed by atoms with Crippen LogP contribution in [0.5, 0.6) is 11.5 Å². The summed E-state index contributed by atoms with van der Waals surface area (Å²) in [6.07, 6.45) is 4.33. The van der Waals surface area contributed by atoms with Crippen LogP contribution in [0.25, 0.3) is 10.9 Å². The lowest BCUT2D eigenvalue weighted by molar-refractivity contribution is -0.000757. The number of amides is 1. The summed E-state index contributed by atoms with van der Waals surface area (Å²) < 4.78 is 6.15. The number of phenolic OH excluding ortho intramolecular Hbond substituents is 1. The fraction of sp³-hybridized carbons (Fsp3) is 0.444. The van der Waals surface area contributed by atoms with E-state index in [9.17, 15) is 24.9 Å². The molecule has 11 heteroatoms. The first-order chi connectivity index (χ1) is 22.9. The maximum Gasteiger partial charge on any atom is 0.408 e. The number of nitrogens with zero attached hydrogens (tertiary/aromatic N) is 2. The molecule has 250 valence electrons. The Balaban J connectivity index is 0.966. The van der Waals surface area contributed by atoms with Gasteiger partial charge in [-0.3, -0.25) is 9.69 Å². The number of thiophene rings is 1. The van der Waals surface area contributed by atoms with Crippen molar-refractivity contribution in [1.82, 2.24) is 20.1 Å². The lowest BCUT2D eigenvalue weighted by Gasteiger charge is -2.50. The van der Waals surface area contributed by atoms with E-state index in [0.717, 1.165) is 81.6 Å². The van der Waals surface area contributed by atoms with Crippen molar-refractivity contribution >= 4 is 28.3 Å². The molecule has 2 bridgehead atoms. The van der Waals surface area contributed by atoms with Crippen LogP contribution in [-0.4, -0.2) is 81.6 Å². The quantitative estimate of drug-likeness (QED) is 0.102. The summed E-state index contributed by atoms with van der Waals surface area (Å²) in [6.45, 7) is 4.62. The van der Waals surface area contributed by atoms with E-state index in [0.29, 0.717) is 35.5 Å². The fourth-order valence-electron chi connectivity index (χ4n) is 7.21. The van der Waals surface area contributed by atoms with Crippen molar-refractivity contribution in [2.45, 2.75) is 56.7 Å². The van der Waals surface area contributed by atoms with Gasteiger partial charge in [0.2, 0.25) is 5.56 Å². The molecule has 0 spiro atoms. The molecule has 5 heterocycles. The van der Waals surface area contributed by atoms with Crippen LogP contribution in [0, 0.1) is 5.92 Å². The first kappa shape index (κ1) is 33.0. The second-order valence-electron chi connectivity index (χ2n) is 12.7. The monoisotopic (exact) mass is 660 g/mol. The second-order valence-corrected chi connectivity index (χ2v) is 13.5. The average Bonchev–Trinajstić information content (AvgIpc) is 3.62. The molecule has 1 amide bonds. The highest BCUT2D eigenvalue weighted by Crippen LogP contribution is 2.39. The van der Waals surface area contributed by atoms with E-state index in [-0.39, 0.29) is 23.4 Å². The molecule has 7 rings (SSSR count). The van der Waals surface area contributed by atoms with Crippen molar-refractivity contribution in [3.8, 4) is 11.5 Å². The Hall–Kier alpha value is -3.90. The van der Waals surface area contributed by atoms with E-state index in [4.69, 9.17) is 4.74 Å². The minimum atomic E-state index is -0.873. The Kier molecular flexibility index (Phi) is 10.8. The smallest absolute Gasteiger partial charge is 0.408 e. The van der Waals surface area contributed by atoms with Crippen LogP contribution in [0.15, 0.2) is 70.2 Å². The van der Waals surface area contributed by atoms with E-state index in [1.165, 1.54) is 12.1 Å². The number of phenols is 1. The number of rotatable bonds is 15. The molecule has 10 nitrogen and oxygen atoms in total. The maximum atomic E-state index is 12.8. The van der Waals surface area contributed by atoms with Crippen LogP contribution in [0.4, 0.5) is 4.79 Å². The van der Waals surface area contributed by atoms with Gasteiger partial charge in [0.05, 0.1) is 30.3 Å². The van der Waals surface area contributed by atoms with Gasteiger partial charge in [0.1, 0.15) is 11.5 Å². The molecular formula is C36H44N4O6S. The summed E-state index contributed by atoms with van der Waals surface area (Å²) in [5.41, 5.74) is 2.61. The average molecular weight is 661 g/mol. The highest BCUT2D eigenvalue weighted by atomic mass is 32.1. The van der Waals surface area contributed by atoms with E-state index in [1.807, 2.05) is 35.7 Å². The van der Waals surface area contributed by atoms with Gasteiger partial charge in [0.25, 0.3) is 0 Å². The number of carbonyl (C=O) groups is 1. The number of hydrogen-bond donors (Lipinski definition) is 5. The van der Waals surface area contributed by atoms with Crippen molar-refractivity contribution in [3.63, 3.8) is 0 Å². The predicted octanol–water partition coefficient (Wildman–Crippen LogP) is 5.72. The number of fused-ring (bicyclic) bond motifs is 4. The minimum absolute atomic E-state index is 0.0229. The van der Waals surface area contributed by atoms with Crippen molar-refractivity contribution in [1.29, 1.82) is 0 Å². The Labute approximate surface area is 278 Å². The number of ether oxygens (including phenoxy) is 1. The standard InChI is InChI=1S/C36H44N4O6S/c41-31-10-8-28(29-9-11-33(43)38-34(29)31)32(42)21-37-15-3-1-2-4-18-46-27-7-5-6-25(20-27)35(26-14-19-47-23-26)40(36(44)45)30-22-39-16-12-24(30)13-17-39/h5-11,14,19-20,23-24,30,32,35,37,41-42H,1-4,12-13,15-18,21-22H2,(H,38,43)(H,44,45)/t30-,32+,35?/m0/s1. The molecule has 3 aliphatic rings. The molecule has 3 aliphatic heterocycles. The predicted molar refractivity (Wildman–Crippen MR) is 183 cm³/mol. The van der Waals surface area contributed by atoms with Crippen LogP contribution in [0.3, 0.4) is 0 Å². The number of aromatic nitrogens is 1. The van der Waals surface area contributed by atoms with Gasteiger partial charge in [0, 0.05) is 24.5 Å². The minimum Gasteiger partial charge on any atom is -0.506 e. The zero-order chi connectivity index (χ0) is 32.8. The fourth-order valence-corrected chi connectivity index (χ4v) is 7.88. The number of piperidine rings is 3. The summed E-state index contributed by atoms with van der Waals surface area (Å²) in [5, 5.41) is 39.3. The molecule has 1 unspecified atom stereocenters. The number of unbranched alkanes of at least 4 members (excludes halogenated alkanes) is 3. The molecule has 2 aromatic heterocycles. The van der Waals surface area contributed by atoms with Gasteiger partial charge in [-0.2, -0.15) is 11.3 Å². The number of aliphatic hydroxyl groups is 1. The highest BCUT2D eigenvalue weighted by Gasteiger charge is 2.43. The summed E-state index contributed by atoms with van der Waals surface area (Å²) in [6, 6.07) is 15.7. The molecule has 5 N–H and O–H groups in total. The van der Waals surface area contributed by atoms with Crippen molar-refractivity contribution in [3.05, 3.63) is 92.4 Å². The van der Waals surface area contributed by atoms with Gasteiger partial charge in [-0.1, -0.05) is 31.0 Å². The van der Waals surface area contributed by atoms with Crippen LogP contribution >= 0.6 is 11.3 Å². The van der Waals surface area contributed by atoms with Crippen molar-refractivity contribution in [2.75, 3.05) is 39.3 Å². The summed E-state index contributed by atoms with van der Waals surface area (Å²) in [7, 11) is 0. The Bertz CT molecular complexity index is 1690.